The number of nitrogens with zero attached hydrogens (tertiary/aromatic N) is 3. The molecule has 9 nitrogen and oxygen atoms in total. The molecule has 9 heteroatoms. The van der Waals surface area contributed by atoms with Crippen LogP contribution in [-0.4, -0.2) is 88.8 Å². The number of hydrogen-bond donors (Lipinski definition) is 1. The van der Waals surface area contributed by atoms with Crippen molar-refractivity contribution < 1.29 is 29.0 Å². The molecule has 2 aromatic carbocycles. The summed E-state index contributed by atoms with van der Waals surface area (Å²) < 4.78 is 12.7. The van der Waals surface area contributed by atoms with Gasteiger partial charge in [0.25, 0.3) is 0 Å². The fourth-order valence-electron chi connectivity index (χ4n) is 8.34. The summed E-state index contributed by atoms with van der Waals surface area (Å²) in [5.74, 6) is -2.00. The average Bonchev–Trinajstić information content (AvgIpc) is 3.61. The second-order valence-electron chi connectivity index (χ2n) is 13.6. The van der Waals surface area contributed by atoms with E-state index in [2.05, 4.69) is 20.1 Å². The van der Waals surface area contributed by atoms with E-state index in [4.69, 9.17) is 9.47 Å². The molecule has 1 spiro atoms. The Hall–Kier alpha value is -3.95. The summed E-state index contributed by atoms with van der Waals surface area (Å²) in [7, 11) is 0. The molecule has 2 bridgehead atoms. The van der Waals surface area contributed by atoms with Gasteiger partial charge in [0.1, 0.15) is 17.4 Å². The molecule has 0 radical (unpaired) electrons. The molecule has 0 aromatic heterocycles. The summed E-state index contributed by atoms with van der Waals surface area (Å²) in [6.07, 6.45) is 5.85. The first kappa shape index (κ1) is 35.4. The number of carbonyl (C=O) groups excluding carboxylic acids is 3. The molecular formula is C39H51N3O6. The van der Waals surface area contributed by atoms with Crippen molar-refractivity contribution in [3.8, 4) is 5.75 Å². The second-order valence-corrected chi connectivity index (χ2v) is 13.6. The first-order valence-corrected chi connectivity index (χ1v) is 17.3. The minimum atomic E-state index is -1.24. The van der Waals surface area contributed by atoms with Crippen LogP contribution in [0.1, 0.15) is 52.5 Å². The molecule has 1 N–H and O–H groups in total. The van der Waals surface area contributed by atoms with Crippen LogP contribution in [0.3, 0.4) is 0 Å². The number of aliphatic hydroxyl groups is 1. The summed E-state index contributed by atoms with van der Waals surface area (Å²) >= 11 is 0. The molecule has 0 aliphatic carbocycles. The Labute approximate surface area is 285 Å². The van der Waals surface area contributed by atoms with E-state index in [1.807, 2.05) is 75.4 Å². The van der Waals surface area contributed by atoms with Gasteiger partial charge in [-0.3, -0.25) is 14.4 Å². The molecule has 5 rings (SSSR count). The minimum absolute atomic E-state index is 0.123. The average molecular weight is 658 g/mol. The third-order valence-electron chi connectivity index (χ3n) is 10.7. The van der Waals surface area contributed by atoms with Crippen LogP contribution in [-0.2, 0) is 25.5 Å². The number of benzene rings is 2. The van der Waals surface area contributed by atoms with Gasteiger partial charge < -0.3 is 29.3 Å². The molecule has 3 saturated heterocycles. The number of unbranched alkanes of at least 4 members (excludes halogenated alkanes) is 1. The van der Waals surface area contributed by atoms with E-state index in [9.17, 15) is 14.7 Å². The third kappa shape index (κ3) is 6.07. The molecule has 2 aromatic rings. The molecular weight excluding hydrogens is 606 g/mol. The summed E-state index contributed by atoms with van der Waals surface area (Å²) in [6, 6.07) is 15.3. The van der Waals surface area contributed by atoms with Gasteiger partial charge in [0.15, 0.2) is 0 Å². The maximum Gasteiger partial charge on any atom is 0.248 e. The lowest BCUT2D eigenvalue weighted by atomic mass is 9.62. The predicted octanol–water partition coefficient (Wildman–Crippen LogP) is 5.03. The summed E-state index contributed by atoms with van der Waals surface area (Å²) in [6.45, 7) is 17.0. The van der Waals surface area contributed by atoms with E-state index in [1.165, 1.54) is 0 Å². The standard InChI is InChI=1S/C39H51N3O6/c1-7-11-23-40(21-8-2)37(46)34-39-25-27(5)38(6,48-39)32(35(44)41(22-9-3)29-17-19-31(20-18-29)47-10-4)33(39)36(45)42(34)30(26-43)24-28-15-13-12-14-16-28/h8-9,12-20,27,30,32-34,43H,2-3,7,10-11,21-26H2,1,4-6H3/t27?,30-,32+,33+,34?,38-,39?/m1/s1. The lowest BCUT2D eigenvalue weighted by molar-refractivity contribution is -0.155. The number of likely N-dealkylation sites (tertiary alicyclic amines) is 1. The molecule has 3 aliphatic rings. The molecule has 3 amide bonds. The number of amides is 3. The summed E-state index contributed by atoms with van der Waals surface area (Å²) in [5, 5.41) is 10.9. The summed E-state index contributed by atoms with van der Waals surface area (Å²) in [5.41, 5.74) is -0.643. The van der Waals surface area contributed by atoms with Crippen LogP contribution in [0.25, 0.3) is 0 Å². The van der Waals surface area contributed by atoms with E-state index < -0.39 is 35.1 Å². The van der Waals surface area contributed by atoms with Gasteiger partial charge in [-0.25, -0.2) is 0 Å². The Kier molecular flexibility index (Phi) is 10.8. The third-order valence-corrected chi connectivity index (χ3v) is 10.7. The van der Waals surface area contributed by atoms with E-state index >= 15 is 4.79 Å². The van der Waals surface area contributed by atoms with Crippen LogP contribution in [0, 0.1) is 17.8 Å². The number of hydrogen-bond acceptors (Lipinski definition) is 6. The fourth-order valence-corrected chi connectivity index (χ4v) is 8.34. The van der Waals surface area contributed by atoms with Gasteiger partial charge in [-0.2, -0.15) is 0 Å². The molecule has 3 heterocycles. The monoisotopic (exact) mass is 657 g/mol. The van der Waals surface area contributed by atoms with Crippen molar-refractivity contribution in [3.05, 3.63) is 85.5 Å². The number of anilines is 1. The molecule has 0 saturated carbocycles. The highest BCUT2D eigenvalue weighted by Gasteiger charge is 2.80. The van der Waals surface area contributed by atoms with Crippen molar-refractivity contribution in [2.45, 2.75) is 76.7 Å². The maximum absolute atomic E-state index is 15.0. The van der Waals surface area contributed by atoms with Gasteiger partial charge in [0.05, 0.1) is 36.7 Å². The normalized spacial score (nSPS) is 27.8. The number of ether oxygens (including phenoxy) is 2. The van der Waals surface area contributed by atoms with Crippen LogP contribution < -0.4 is 9.64 Å². The van der Waals surface area contributed by atoms with E-state index in [-0.39, 0.29) is 36.8 Å². The first-order valence-electron chi connectivity index (χ1n) is 17.3. The Bertz CT molecular complexity index is 1480. The second kappa shape index (κ2) is 14.7. The van der Waals surface area contributed by atoms with Crippen LogP contribution in [0.5, 0.6) is 5.75 Å². The van der Waals surface area contributed by atoms with Gasteiger partial charge in [-0.1, -0.05) is 62.8 Å². The highest BCUT2D eigenvalue weighted by atomic mass is 16.5. The zero-order valence-electron chi connectivity index (χ0n) is 28.8. The van der Waals surface area contributed by atoms with Crippen molar-refractivity contribution in [1.82, 2.24) is 9.80 Å². The van der Waals surface area contributed by atoms with Crippen molar-refractivity contribution in [1.29, 1.82) is 0 Å². The van der Waals surface area contributed by atoms with E-state index in [0.29, 0.717) is 44.0 Å². The van der Waals surface area contributed by atoms with E-state index in [0.717, 1.165) is 18.4 Å². The lowest BCUT2D eigenvalue weighted by Gasteiger charge is -2.39. The van der Waals surface area contributed by atoms with Crippen molar-refractivity contribution in [3.63, 3.8) is 0 Å². The molecule has 3 fully saturated rings. The zero-order chi connectivity index (χ0) is 34.6. The van der Waals surface area contributed by atoms with Crippen LogP contribution in [0.15, 0.2) is 79.9 Å². The van der Waals surface area contributed by atoms with Crippen LogP contribution >= 0.6 is 0 Å². The Balaban J connectivity index is 1.62. The van der Waals surface area contributed by atoms with E-state index in [1.54, 1.807) is 26.9 Å². The molecule has 3 unspecified atom stereocenters. The SMILES string of the molecule is C=CCN(CCCC)C(=O)C1N([C@@H](CO)Cc2ccccc2)C(=O)[C@@H]2[C@@H](C(=O)N(CC=C)c3ccc(OCC)cc3)[C@]3(C)OC12CC3C. The van der Waals surface area contributed by atoms with Crippen molar-refractivity contribution in [2.24, 2.45) is 17.8 Å². The predicted molar refractivity (Wildman–Crippen MR) is 186 cm³/mol. The van der Waals surface area contributed by atoms with Crippen LogP contribution in [0.2, 0.25) is 0 Å². The number of carbonyl (C=O) groups is 3. The molecule has 48 heavy (non-hydrogen) atoms. The highest BCUT2D eigenvalue weighted by Crippen LogP contribution is 2.66. The topological polar surface area (TPSA) is 99.6 Å². The first-order chi connectivity index (χ1) is 23.1. The van der Waals surface area contributed by atoms with Crippen molar-refractivity contribution in [2.75, 3.05) is 37.7 Å². The smallest absolute Gasteiger partial charge is 0.248 e. The molecule has 7 atom stereocenters. The Morgan fingerprint density at radius 3 is 2.38 bits per heavy atom. The van der Waals surface area contributed by atoms with Gasteiger partial charge >= 0.3 is 0 Å². The van der Waals surface area contributed by atoms with Gasteiger partial charge in [-0.05, 0) is 68.9 Å². The zero-order valence-corrected chi connectivity index (χ0v) is 28.8. The Morgan fingerprint density at radius 1 is 1.08 bits per heavy atom. The highest BCUT2D eigenvalue weighted by molar-refractivity contribution is 6.03. The fraction of sp³-hybridized carbons (Fsp3) is 0.513. The summed E-state index contributed by atoms with van der Waals surface area (Å²) in [4.78, 5) is 49.7. The van der Waals surface area contributed by atoms with Crippen LogP contribution in [0.4, 0.5) is 5.69 Å². The number of aliphatic hydroxyl groups excluding tert-OH is 1. The van der Waals surface area contributed by atoms with Gasteiger partial charge in [0.2, 0.25) is 17.7 Å². The number of fused-ring (bicyclic) bond motifs is 1. The largest absolute Gasteiger partial charge is 0.494 e. The van der Waals surface area contributed by atoms with Gasteiger partial charge in [0, 0.05) is 25.3 Å². The van der Waals surface area contributed by atoms with Crippen molar-refractivity contribution >= 4 is 23.4 Å². The van der Waals surface area contributed by atoms with Gasteiger partial charge in [-0.15, -0.1) is 13.2 Å². The maximum atomic E-state index is 15.0. The minimum Gasteiger partial charge on any atom is -0.494 e. The Morgan fingerprint density at radius 2 is 1.77 bits per heavy atom. The molecule has 3 aliphatic heterocycles. The number of rotatable bonds is 16. The lowest BCUT2D eigenvalue weighted by Crippen LogP contribution is -2.59. The molecule has 258 valence electrons. The quantitative estimate of drug-likeness (QED) is 0.254.